The van der Waals surface area contributed by atoms with Gasteiger partial charge in [0.2, 0.25) is 0 Å². The first-order valence-electron chi connectivity index (χ1n) is 5.97. The number of allylic oxidation sites excluding steroid dienone is 3. The SMILES string of the molecule is C1=Cc2ccccc2C2=C(CCCC2)N=C1. The molecule has 2 aliphatic rings. The predicted octanol–water partition coefficient (Wildman–Crippen LogP) is 4.07. The second-order valence-corrected chi connectivity index (χ2v) is 4.36. The van der Waals surface area contributed by atoms with Gasteiger partial charge >= 0.3 is 0 Å². The van der Waals surface area contributed by atoms with Crippen LogP contribution in [0.25, 0.3) is 11.6 Å². The molecule has 0 unspecified atom stereocenters. The van der Waals surface area contributed by atoms with Gasteiger partial charge in [0, 0.05) is 11.9 Å². The lowest BCUT2D eigenvalue weighted by Crippen LogP contribution is -2.01. The average Bonchev–Trinajstić information content (AvgIpc) is 2.33. The van der Waals surface area contributed by atoms with Crippen molar-refractivity contribution in [2.45, 2.75) is 25.7 Å². The zero-order chi connectivity index (χ0) is 10.8. The van der Waals surface area contributed by atoms with Crippen LogP contribution < -0.4 is 0 Å². The highest BCUT2D eigenvalue weighted by atomic mass is 14.7. The van der Waals surface area contributed by atoms with Crippen molar-refractivity contribution >= 4 is 17.9 Å². The Hall–Kier alpha value is -1.63. The van der Waals surface area contributed by atoms with E-state index < -0.39 is 0 Å². The van der Waals surface area contributed by atoms with Gasteiger partial charge in [0.15, 0.2) is 0 Å². The van der Waals surface area contributed by atoms with Crippen LogP contribution in [0.5, 0.6) is 0 Å². The van der Waals surface area contributed by atoms with Gasteiger partial charge in [0.1, 0.15) is 0 Å². The molecule has 0 atom stereocenters. The lowest BCUT2D eigenvalue weighted by Gasteiger charge is -2.20. The quantitative estimate of drug-likeness (QED) is 0.610. The van der Waals surface area contributed by atoms with Crippen molar-refractivity contribution in [1.29, 1.82) is 0 Å². The van der Waals surface area contributed by atoms with Gasteiger partial charge in [-0.2, -0.15) is 0 Å². The van der Waals surface area contributed by atoms with Gasteiger partial charge in [-0.3, -0.25) is 4.99 Å². The van der Waals surface area contributed by atoms with E-state index in [0.717, 1.165) is 6.42 Å². The number of aliphatic imine (C=N–C) groups is 1. The van der Waals surface area contributed by atoms with Crippen LogP contribution in [0.2, 0.25) is 0 Å². The van der Waals surface area contributed by atoms with E-state index in [0.29, 0.717) is 0 Å². The molecule has 0 N–H and O–H groups in total. The van der Waals surface area contributed by atoms with E-state index in [4.69, 9.17) is 0 Å². The minimum Gasteiger partial charge on any atom is -0.261 e. The molecule has 80 valence electrons. The molecule has 0 saturated carbocycles. The fourth-order valence-electron chi connectivity index (χ4n) is 2.52. The van der Waals surface area contributed by atoms with Crippen LogP contribution in [0.15, 0.2) is 41.0 Å². The second-order valence-electron chi connectivity index (χ2n) is 4.36. The van der Waals surface area contributed by atoms with Crippen molar-refractivity contribution in [1.82, 2.24) is 0 Å². The molecule has 0 aromatic heterocycles. The molecule has 3 rings (SSSR count). The Balaban J connectivity index is 2.21. The molecule has 1 heterocycles. The zero-order valence-corrected chi connectivity index (χ0v) is 9.32. The van der Waals surface area contributed by atoms with Crippen molar-refractivity contribution in [3.05, 3.63) is 47.2 Å². The van der Waals surface area contributed by atoms with Gasteiger partial charge in [-0.05, 0) is 48.5 Å². The smallest absolute Gasteiger partial charge is 0.0441 e. The van der Waals surface area contributed by atoms with Gasteiger partial charge in [-0.15, -0.1) is 0 Å². The Morgan fingerprint density at radius 2 is 1.88 bits per heavy atom. The van der Waals surface area contributed by atoms with Gasteiger partial charge in [-0.1, -0.05) is 30.3 Å². The molecule has 1 heteroatoms. The van der Waals surface area contributed by atoms with Gasteiger partial charge < -0.3 is 0 Å². The van der Waals surface area contributed by atoms with Crippen molar-refractivity contribution in [3.63, 3.8) is 0 Å². The number of rotatable bonds is 0. The fourth-order valence-corrected chi connectivity index (χ4v) is 2.52. The van der Waals surface area contributed by atoms with Crippen LogP contribution in [0, 0.1) is 0 Å². The molecular formula is C15H15N. The fraction of sp³-hybridized carbons (Fsp3) is 0.267. The normalized spacial score (nSPS) is 18.8. The van der Waals surface area contributed by atoms with Gasteiger partial charge in [0.25, 0.3) is 0 Å². The largest absolute Gasteiger partial charge is 0.261 e. The standard InChI is InChI=1S/C15H15N/c1-2-8-13-12(6-1)7-5-11-16-15-10-4-3-9-14(13)15/h1-2,5-8,11H,3-4,9-10H2. The van der Waals surface area contributed by atoms with Gasteiger partial charge in [0.05, 0.1) is 0 Å². The molecule has 0 amide bonds. The van der Waals surface area contributed by atoms with E-state index in [1.165, 1.54) is 41.7 Å². The summed E-state index contributed by atoms with van der Waals surface area (Å²) in [7, 11) is 0. The first kappa shape index (κ1) is 9.59. The maximum absolute atomic E-state index is 4.57. The highest BCUT2D eigenvalue weighted by molar-refractivity contribution is 5.86. The molecule has 0 fully saturated rings. The summed E-state index contributed by atoms with van der Waals surface area (Å²) >= 11 is 0. The molecular weight excluding hydrogens is 194 g/mol. The molecule has 1 nitrogen and oxygen atoms in total. The van der Waals surface area contributed by atoms with E-state index in [-0.39, 0.29) is 0 Å². The minimum atomic E-state index is 1.13. The summed E-state index contributed by atoms with van der Waals surface area (Å²) in [4.78, 5) is 4.57. The first-order valence-corrected chi connectivity index (χ1v) is 5.97. The van der Waals surface area contributed by atoms with E-state index in [2.05, 4.69) is 35.3 Å². The van der Waals surface area contributed by atoms with E-state index in [1.54, 1.807) is 0 Å². The van der Waals surface area contributed by atoms with Crippen molar-refractivity contribution in [2.24, 2.45) is 4.99 Å². The molecule has 1 aromatic rings. The molecule has 1 aromatic carbocycles. The lowest BCUT2D eigenvalue weighted by atomic mass is 9.88. The molecule has 0 spiro atoms. The van der Waals surface area contributed by atoms with Crippen LogP contribution in [0.1, 0.15) is 36.8 Å². The maximum atomic E-state index is 4.57. The van der Waals surface area contributed by atoms with Crippen LogP contribution in [-0.2, 0) is 0 Å². The summed E-state index contributed by atoms with van der Waals surface area (Å²) in [5.74, 6) is 0. The van der Waals surface area contributed by atoms with E-state index in [1.807, 2.05) is 12.3 Å². The third kappa shape index (κ3) is 1.63. The van der Waals surface area contributed by atoms with E-state index in [9.17, 15) is 0 Å². The predicted molar refractivity (Wildman–Crippen MR) is 69.4 cm³/mol. The number of benzene rings is 1. The van der Waals surface area contributed by atoms with Crippen molar-refractivity contribution in [3.8, 4) is 0 Å². The summed E-state index contributed by atoms with van der Waals surface area (Å²) in [6, 6.07) is 8.63. The number of nitrogens with zero attached hydrogens (tertiary/aromatic N) is 1. The highest BCUT2D eigenvalue weighted by Crippen LogP contribution is 2.35. The van der Waals surface area contributed by atoms with Crippen LogP contribution in [-0.4, -0.2) is 6.21 Å². The third-order valence-electron chi connectivity index (χ3n) is 3.32. The topological polar surface area (TPSA) is 12.4 Å². The Morgan fingerprint density at radius 3 is 2.88 bits per heavy atom. The Labute approximate surface area is 96.2 Å². The number of hydrogen-bond acceptors (Lipinski definition) is 1. The second kappa shape index (κ2) is 4.09. The summed E-state index contributed by atoms with van der Waals surface area (Å²) < 4.78 is 0. The van der Waals surface area contributed by atoms with Crippen molar-refractivity contribution < 1.29 is 0 Å². The molecule has 1 aliphatic carbocycles. The highest BCUT2D eigenvalue weighted by Gasteiger charge is 2.15. The van der Waals surface area contributed by atoms with E-state index >= 15 is 0 Å². The Kier molecular flexibility index (Phi) is 2.45. The average molecular weight is 209 g/mol. The minimum absolute atomic E-state index is 1.13. The molecule has 16 heavy (non-hydrogen) atoms. The van der Waals surface area contributed by atoms with Gasteiger partial charge in [-0.25, -0.2) is 0 Å². The molecule has 1 aliphatic heterocycles. The summed E-state index contributed by atoms with van der Waals surface area (Å²) in [6.45, 7) is 0. The molecule has 0 saturated heterocycles. The lowest BCUT2D eigenvalue weighted by molar-refractivity contribution is 0.709. The zero-order valence-electron chi connectivity index (χ0n) is 9.32. The third-order valence-corrected chi connectivity index (χ3v) is 3.32. The number of hydrogen-bond donors (Lipinski definition) is 0. The first-order chi connectivity index (χ1) is 7.95. The maximum Gasteiger partial charge on any atom is 0.0441 e. The monoisotopic (exact) mass is 209 g/mol. The summed E-state index contributed by atoms with van der Waals surface area (Å²) in [6.07, 6.45) is 11.0. The van der Waals surface area contributed by atoms with Crippen LogP contribution >= 0.6 is 0 Å². The summed E-state index contributed by atoms with van der Waals surface area (Å²) in [5, 5.41) is 0. The van der Waals surface area contributed by atoms with Crippen molar-refractivity contribution in [2.75, 3.05) is 0 Å². The molecule has 0 bridgehead atoms. The summed E-state index contributed by atoms with van der Waals surface area (Å²) in [5.41, 5.74) is 5.46. The Bertz CT molecular complexity index is 492. The van der Waals surface area contributed by atoms with Crippen LogP contribution in [0.4, 0.5) is 0 Å². The van der Waals surface area contributed by atoms with Crippen LogP contribution in [0.3, 0.4) is 0 Å². The Morgan fingerprint density at radius 1 is 1.00 bits per heavy atom. The number of fused-ring (bicyclic) bond motifs is 2. The molecule has 0 radical (unpaired) electrons.